The molecule has 0 amide bonds. The topological polar surface area (TPSA) is 20.2 Å². The van der Waals surface area contributed by atoms with E-state index in [9.17, 15) is 5.11 Å². The Kier molecular flexibility index (Phi) is 6.10. The van der Waals surface area contributed by atoms with E-state index in [2.05, 4.69) is 60.6 Å². The highest BCUT2D eigenvalue weighted by molar-refractivity contribution is 5.35. The van der Waals surface area contributed by atoms with Gasteiger partial charge in [-0.05, 0) is 104 Å². The summed E-state index contributed by atoms with van der Waals surface area (Å²) < 4.78 is 0. The van der Waals surface area contributed by atoms with Gasteiger partial charge in [-0.1, -0.05) is 71.8 Å². The molecule has 170 valence electrons. The molecule has 0 aromatic heterocycles. The van der Waals surface area contributed by atoms with Crippen LogP contribution in [0.4, 0.5) is 0 Å². The Bertz CT molecular complexity index is 701. The Hall–Kier alpha value is -0.560. The predicted octanol–water partition coefficient (Wildman–Crippen LogP) is 7.80. The summed E-state index contributed by atoms with van der Waals surface area (Å²) >= 11 is 0. The summed E-state index contributed by atoms with van der Waals surface area (Å²) in [6.45, 7) is 17.1. The first kappa shape index (κ1) is 22.6. The van der Waals surface area contributed by atoms with Crippen molar-refractivity contribution in [3.8, 4) is 0 Å². The molecule has 0 aliphatic heterocycles. The van der Waals surface area contributed by atoms with E-state index in [4.69, 9.17) is 0 Å². The molecule has 9 atom stereocenters. The van der Waals surface area contributed by atoms with Crippen LogP contribution in [0, 0.1) is 52.3 Å². The molecule has 30 heavy (non-hydrogen) atoms. The van der Waals surface area contributed by atoms with E-state index in [1.54, 1.807) is 0 Å². The fourth-order valence-electron chi connectivity index (χ4n) is 8.54. The Morgan fingerprint density at radius 3 is 2.37 bits per heavy atom. The van der Waals surface area contributed by atoms with E-state index in [1.165, 1.54) is 44.9 Å². The Morgan fingerprint density at radius 1 is 0.933 bits per heavy atom. The molecule has 4 aliphatic carbocycles. The van der Waals surface area contributed by atoms with Crippen molar-refractivity contribution in [3.63, 3.8) is 0 Å². The number of allylic oxidation sites excluding steroid dienone is 4. The quantitative estimate of drug-likeness (QED) is 0.467. The molecule has 0 spiro atoms. The Labute approximate surface area is 186 Å². The summed E-state index contributed by atoms with van der Waals surface area (Å²) in [7, 11) is 0. The molecule has 1 nitrogen and oxygen atoms in total. The first-order valence-corrected chi connectivity index (χ1v) is 13.2. The lowest BCUT2D eigenvalue weighted by Gasteiger charge is -2.58. The molecule has 1 N–H and O–H groups in total. The molecule has 4 rings (SSSR count). The van der Waals surface area contributed by atoms with Crippen LogP contribution in [0.1, 0.15) is 99.8 Å². The second kappa shape index (κ2) is 8.09. The van der Waals surface area contributed by atoms with Gasteiger partial charge in [-0.2, -0.15) is 0 Å². The van der Waals surface area contributed by atoms with Gasteiger partial charge in [0, 0.05) is 0 Å². The highest BCUT2D eigenvalue weighted by Gasteiger charge is 2.56. The third-order valence-electron chi connectivity index (χ3n) is 11.0. The van der Waals surface area contributed by atoms with Crippen LogP contribution in [-0.4, -0.2) is 11.2 Å². The normalized spacial score (nSPS) is 46.0. The average molecular weight is 413 g/mol. The highest BCUT2D eigenvalue weighted by Crippen LogP contribution is 2.66. The summed E-state index contributed by atoms with van der Waals surface area (Å²) in [5.74, 6) is 4.89. The van der Waals surface area contributed by atoms with Gasteiger partial charge in [-0.3, -0.25) is 0 Å². The van der Waals surface area contributed by atoms with E-state index in [1.807, 2.05) is 11.1 Å². The van der Waals surface area contributed by atoms with Gasteiger partial charge in [0.2, 0.25) is 0 Å². The van der Waals surface area contributed by atoms with Gasteiger partial charge >= 0.3 is 0 Å². The molecule has 1 heteroatoms. The van der Waals surface area contributed by atoms with Crippen molar-refractivity contribution in [1.29, 1.82) is 0 Å². The predicted molar refractivity (Wildman–Crippen MR) is 128 cm³/mol. The van der Waals surface area contributed by atoms with Gasteiger partial charge in [0.15, 0.2) is 0 Å². The van der Waals surface area contributed by atoms with Crippen LogP contribution in [0.25, 0.3) is 0 Å². The highest BCUT2D eigenvalue weighted by atomic mass is 16.3. The molecule has 3 saturated carbocycles. The van der Waals surface area contributed by atoms with Crippen molar-refractivity contribution >= 4 is 0 Å². The first-order chi connectivity index (χ1) is 14.1. The summed E-state index contributed by atoms with van der Waals surface area (Å²) in [5, 5.41) is 10.5. The van der Waals surface area contributed by atoms with Crippen LogP contribution in [0.15, 0.2) is 23.3 Å². The average Bonchev–Trinajstić information content (AvgIpc) is 3.06. The molecule has 1 unspecified atom stereocenters. The molecule has 0 radical (unpaired) electrons. The summed E-state index contributed by atoms with van der Waals surface area (Å²) in [6, 6.07) is 0. The van der Waals surface area contributed by atoms with Crippen molar-refractivity contribution in [2.75, 3.05) is 0 Å². The van der Waals surface area contributed by atoms with Crippen LogP contribution in [-0.2, 0) is 0 Å². The maximum Gasteiger partial charge on any atom is 0.0568 e. The molecule has 3 fully saturated rings. The van der Waals surface area contributed by atoms with Gasteiger partial charge in [0.05, 0.1) is 6.10 Å². The first-order valence-electron chi connectivity index (χ1n) is 13.2. The van der Waals surface area contributed by atoms with E-state index in [0.717, 1.165) is 30.1 Å². The van der Waals surface area contributed by atoms with Gasteiger partial charge in [0.25, 0.3) is 0 Å². The van der Waals surface area contributed by atoms with Crippen LogP contribution < -0.4 is 0 Å². The molecule has 0 aromatic rings. The maximum absolute atomic E-state index is 10.5. The van der Waals surface area contributed by atoms with Gasteiger partial charge in [0.1, 0.15) is 0 Å². The second-order valence-corrected chi connectivity index (χ2v) is 12.6. The lowest BCUT2D eigenvalue weighted by atomic mass is 9.47. The number of aliphatic hydroxyl groups is 1. The van der Waals surface area contributed by atoms with Crippen LogP contribution in [0.5, 0.6) is 0 Å². The van der Waals surface area contributed by atoms with Crippen molar-refractivity contribution in [2.24, 2.45) is 52.3 Å². The van der Waals surface area contributed by atoms with Crippen molar-refractivity contribution in [2.45, 2.75) is 106 Å². The van der Waals surface area contributed by atoms with E-state index in [-0.39, 0.29) is 6.10 Å². The minimum Gasteiger partial charge on any atom is -0.393 e. The van der Waals surface area contributed by atoms with Crippen LogP contribution in [0.3, 0.4) is 0 Å². The molecule has 0 aromatic carbocycles. The summed E-state index contributed by atoms with van der Waals surface area (Å²) in [6.07, 6.45) is 15.4. The SMILES string of the molecule is CC(C)C(C)C=C[C@@H](C)[C@H]1CCC2=C3CC[C@H]4[C@H](C)[C@@H](O)CC[C@]4(C)[C@H]3CC[C@@]21C. The van der Waals surface area contributed by atoms with Crippen molar-refractivity contribution in [3.05, 3.63) is 23.3 Å². The van der Waals surface area contributed by atoms with Crippen LogP contribution in [0.2, 0.25) is 0 Å². The van der Waals surface area contributed by atoms with E-state index < -0.39 is 0 Å². The molecular weight excluding hydrogens is 364 g/mol. The summed E-state index contributed by atoms with van der Waals surface area (Å²) in [4.78, 5) is 0. The monoisotopic (exact) mass is 412 g/mol. The third kappa shape index (κ3) is 3.46. The second-order valence-electron chi connectivity index (χ2n) is 12.6. The van der Waals surface area contributed by atoms with E-state index in [0.29, 0.717) is 28.6 Å². The Balaban J connectivity index is 1.59. The minimum atomic E-state index is -0.0668. The fraction of sp³-hybridized carbons (Fsp3) is 0.862. The molecule has 0 saturated heterocycles. The van der Waals surface area contributed by atoms with Gasteiger partial charge < -0.3 is 5.11 Å². The number of aliphatic hydroxyl groups excluding tert-OH is 1. The largest absolute Gasteiger partial charge is 0.393 e. The lowest BCUT2D eigenvalue weighted by molar-refractivity contribution is -0.0777. The molecular formula is C29H48O. The molecule has 0 bridgehead atoms. The van der Waals surface area contributed by atoms with Gasteiger partial charge in [-0.25, -0.2) is 0 Å². The zero-order valence-electron chi connectivity index (χ0n) is 20.9. The zero-order chi connectivity index (χ0) is 21.8. The zero-order valence-corrected chi connectivity index (χ0v) is 20.9. The third-order valence-corrected chi connectivity index (χ3v) is 11.0. The van der Waals surface area contributed by atoms with E-state index >= 15 is 0 Å². The number of rotatable bonds is 4. The summed E-state index contributed by atoms with van der Waals surface area (Å²) in [5.41, 5.74) is 4.64. The van der Waals surface area contributed by atoms with Crippen LogP contribution >= 0.6 is 0 Å². The minimum absolute atomic E-state index is 0.0668. The fourth-order valence-corrected chi connectivity index (χ4v) is 8.54. The molecule has 4 aliphatic rings. The number of hydrogen-bond donors (Lipinski definition) is 1. The number of fused-ring (bicyclic) bond motifs is 4. The van der Waals surface area contributed by atoms with Gasteiger partial charge in [-0.15, -0.1) is 0 Å². The standard InChI is InChI=1S/C29H48O/c1-18(2)19(3)8-9-20(4)23-12-13-25-22-10-11-24-21(5)27(30)15-17-29(24,7)26(22)14-16-28(23,25)6/h8-9,18-21,23-24,26-27,30H,10-17H2,1-7H3/t19?,20-,21+,23-,24+,26+,27+,28-,29+/m1/s1. The Morgan fingerprint density at radius 2 is 1.67 bits per heavy atom. The maximum atomic E-state index is 10.5. The molecule has 0 heterocycles. The van der Waals surface area contributed by atoms with Crippen molar-refractivity contribution < 1.29 is 5.11 Å². The van der Waals surface area contributed by atoms with Crippen molar-refractivity contribution in [1.82, 2.24) is 0 Å². The lowest BCUT2D eigenvalue weighted by Crippen LogP contribution is -2.51. The number of hydrogen-bond acceptors (Lipinski definition) is 1. The smallest absolute Gasteiger partial charge is 0.0568 e.